The van der Waals surface area contributed by atoms with Gasteiger partial charge in [0.05, 0.1) is 6.20 Å². The molecular formula is C11H9F2N5O4. The van der Waals surface area contributed by atoms with Crippen molar-refractivity contribution in [2.24, 2.45) is 16.5 Å². The fourth-order valence-electron chi connectivity index (χ4n) is 1.23. The summed E-state index contributed by atoms with van der Waals surface area (Å²) in [5, 5.41) is 0. The summed E-state index contributed by atoms with van der Waals surface area (Å²) in [5.74, 6) is -4.36. The molecule has 116 valence electrons. The van der Waals surface area contributed by atoms with Crippen LogP contribution in [0.2, 0.25) is 0 Å². The zero-order chi connectivity index (χ0) is 16.9. The summed E-state index contributed by atoms with van der Waals surface area (Å²) in [6.07, 6.45) is 1.59. The van der Waals surface area contributed by atoms with Crippen LogP contribution in [0.5, 0.6) is 0 Å². The molecule has 1 aliphatic heterocycles. The first-order valence-electron chi connectivity index (χ1n) is 5.54. The molecule has 11 heteroatoms. The minimum absolute atomic E-state index is 0.145. The van der Waals surface area contributed by atoms with E-state index >= 15 is 0 Å². The molecule has 22 heavy (non-hydrogen) atoms. The Bertz CT molecular complexity index is 753. The lowest BCUT2D eigenvalue weighted by molar-refractivity contribution is -0.116. The molecule has 1 aromatic rings. The van der Waals surface area contributed by atoms with E-state index in [2.05, 4.69) is 9.98 Å². The first kappa shape index (κ1) is 16.8. The number of Topliss-reactive ketones (excluding diaryl/α,β-unsaturated/α-hetero) is 1. The monoisotopic (exact) mass is 313 g/mol. The van der Waals surface area contributed by atoms with Crippen LogP contribution < -0.4 is 17.0 Å². The molecule has 0 spiro atoms. The molecule has 2 amide bonds. The van der Waals surface area contributed by atoms with Gasteiger partial charge in [-0.05, 0) is 6.08 Å². The SMILES string of the molecule is NC(=O)C1=NC(F)=CCC1=O.NC(=O)c1nc(F)c[nH]c1=O. The molecule has 0 radical (unpaired) electrons. The number of nitrogens with two attached hydrogens (primary N) is 2. The molecule has 0 bridgehead atoms. The molecule has 9 nitrogen and oxygen atoms in total. The van der Waals surface area contributed by atoms with E-state index in [1.807, 2.05) is 4.98 Å². The molecule has 1 aromatic heterocycles. The van der Waals surface area contributed by atoms with Crippen LogP contribution in [-0.4, -0.2) is 33.3 Å². The van der Waals surface area contributed by atoms with Crippen molar-refractivity contribution in [1.82, 2.24) is 9.97 Å². The van der Waals surface area contributed by atoms with Crippen molar-refractivity contribution in [2.45, 2.75) is 6.42 Å². The zero-order valence-electron chi connectivity index (χ0n) is 10.8. The van der Waals surface area contributed by atoms with Crippen LogP contribution >= 0.6 is 0 Å². The van der Waals surface area contributed by atoms with Crippen LogP contribution in [-0.2, 0) is 9.59 Å². The van der Waals surface area contributed by atoms with Gasteiger partial charge in [-0.2, -0.15) is 8.78 Å². The number of hydrogen-bond acceptors (Lipinski definition) is 6. The second kappa shape index (κ2) is 6.97. The van der Waals surface area contributed by atoms with Crippen LogP contribution in [0.4, 0.5) is 8.78 Å². The van der Waals surface area contributed by atoms with Crippen LogP contribution in [0.3, 0.4) is 0 Å². The molecule has 0 atom stereocenters. The third-order valence-corrected chi connectivity index (χ3v) is 2.16. The van der Waals surface area contributed by atoms with Crippen LogP contribution in [0.15, 0.2) is 28.0 Å². The number of hydrogen-bond donors (Lipinski definition) is 3. The summed E-state index contributed by atoms with van der Waals surface area (Å²) >= 11 is 0. The van der Waals surface area contributed by atoms with Gasteiger partial charge in [0.2, 0.25) is 11.9 Å². The van der Waals surface area contributed by atoms with Crippen molar-refractivity contribution in [3.05, 3.63) is 40.2 Å². The van der Waals surface area contributed by atoms with Gasteiger partial charge in [0.15, 0.2) is 17.2 Å². The minimum atomic E-state index is -1.05. The van der Waals surface area contributed by atoms with Crippen molar-refractivity contribution in [3.8, 4) is 0 Å². The fraction of sp³-hybridized carbons (Fsp3) is 0.0909. The lowest BCUT2D eigenvalue weighted by Crippen LogP contribution is -2.31. The van der Waals surface area contributed by atoms with Crippen molar-refractivity contribution in [3.63, 3.8) is 0 Å². The number of aromatic amines is 1. The number of carbonyl (C=O) groups is 3. The molecule has 0 fully saturated rings. The Hall–Kier alpha value is -3.24. The topological polar surface area (TPSA) is 161 Å². The van der Waals surface area contributed by atoms with Gasteiger partial charge in [0, 0.05) is 6.42 Å². The molecule has 0 saturated heterocycles. The third-order valence-electron chi connectivity index (χ3n) is 2.16. The average Bonchev–Trinajstić information content (AvgIpc) is 2.44. The van der Waals surface area contributed by atoms with Gasteiger partial charge in [-0.1, -0.05) is 0 Å². The normalized spacial score (nSPS) is 13.5. The maximum absolute atomic E-state index is 12.3. The number of halogens is 2. The molecule has 2 rings (SSSR count). The number of allylic oxidation sites excluding steroid dienone is 1. The predicted molar refractivity (Wildman–Crippen MR) is 68.8 cm³/mol. The van der Waals surface area contributed by atoms with Crippen molar-refractivity contribution >= 4 is 23.3 Å². The predicted octanol–water partition coefficient (Wildman–Crippen LogP) is -1.30. The fourth-order valence-corrected chi connectivity index (χ4v) is 1.23. The number of aliphatic imine (C=N–C) groups is 1. The van der Waals surface area contributed by atoms with Crippen molar-refractivity contribution in [1.29, 1.82) is 0 Å². The number of primary amides is 2. The molecule has 2 heterocycles. The number of amides is 2. The van der Waals surface area contributed by atoms with Gasteiger partial charge >= 0.3 is 0 Å². The van der Waals surface area contributed by atoms with E-state index in [0.29, 0.717) is 0 Å². The highest BCUT2D eigenvalue weighted by Crippen LogP contribution is 2.08. The van der Waals surface area contributed by atoms with Gasteiger partial charge in [-0.3, -0.25) is 19.2 Å². The summed E-state index contributed by atoms with van der Waals surface area (Å²) in [4.78, 5) is 50.1. The molecule has 1 aliphatic rings. The van der Waals surface area contributed by atoms with E-state index in [1.165, 1.54) is 0 Å². The van der Waals surface area contributed by atoms with Crippen LogP contribution in [0, 0.1) is 5.95 Å². The number of rotatable bonds is 2. The number of nitrogens with zero attached hydrogens (tertiary/aromatic N) is 2. The largest absolute Gasteiger partial charge is 0.364 e. The van der Waals surface area contributed by atoms with Gasteiger partial charge in [-0.25, -0.2) is 9.98 Å². The van der Waals surface area contributed by atoms with Crippen molar-refractivity contribution in [2.75, 3.05) is 0 Å². The Morgan fingerprint density at radius 2 is 1.82 bits per heavy atom. The lowest BCUT2D eigenvalue weighted by atomic mass is 10.1. The molecule has 5 N–H and O–H groups in total. The number of carbonyl (C=O) groups excluding carboxylic acids is 3. The highest BCUT2D eigenvalue weighted by atomic mass is 19.1. The number of ketones is 1. The van der Waals surface area contributed by atoms with E-state index in [4.69, 9.17) is 11.5 Å². The third kappa shape index (κ3) is 4.40. The Balaban J connectivity index is 0.000000220. The van der Waals surface area contributed by atoms with Crippen molar-refractivity contribution < 1.29 is 23.2 Å². The summed E-state index contributed by atoms with van der Waals surface area (Å²) in [7, 11) is 0. The first-order valence-corrected chi connectivity index (χ1v) is 5.54. The molecular weight excluding hydrogens is 304 g/mol. The highest BCUT2D eigenvalue weighted by Gasteiger charge is 2.20. The number of nitrogens with one attached hydrogen (secondary N) is 1. The Kier molecular flexibility index (Phi) is 5.32. The zero-order valence-corrected chi connectivity index (χ0v) is 10.8. The molecule has 0 saturated carbocycles. The van der Waals surface area contributed by atoms with Gasteiger partial charge in [0.1, 0.15) is 0 Å². The Morgan fingerprint density at radius 1 is 1.18 bits per heavy atom. The highest BCUT2D eigenvalue weighted by molar-refractivity contribution is 6.65. The number of H-pyrrole nitrogens is 1. The van der Waals surface area contributed by atoms with Gasteiger partial charge in [-0.15, -0.1) is 0 Å². The summed E-state index contributed by atoms with van der Waals surface area (Å²) < 4.78 is 24.5. The quantitative estimate of drug-likeness (QED) is 0.577. The van der Waals surface area contributed by atoms with E-state index < -0.39 is 46.5 Å². The van der Waals surface area contributed by atoms with E-state index in [1.54, 1.807) is 0 Å². The average molecular weight is 313 g/mol. The molecule has 0 unspecified atom stereocenters. The minimum Gasteiger partial charge on any atom is -0.364 e. The van der Waals surface area contributed by atoms with Crippen LogP contribution in [0.1, 0.15) is 16.9 Å². The molecule has 0 aliphatic carbocycles. The molecule has 0 aromatic carbocycles. The Labute approximate surface area is 120 Å². The standard InChI is InChI=1S/C6H5FN2O2.C5H4FN3O2/c7-4-2-1-3(10)5(9-4)6(8)11;6-2-1-8-5(11)3(9-2)4(7)10/h2H,1H2,(H2,8,11);1H,(H2,7,10)(H,8,11). The Morgan fingerprint density at radius 3 is 2.27 bits per heavy atom. The van der Waals surface area contributed by atoms with Gasteiger partial charge in [0.25, 0.3) is 17.4 Å². The second-order valence-corrected chi connectivity index (χ2v) is 3.74. The number of aromatic nitrogens is 2. The maximum atomic E-state index is 12.3. The lowest BCUT2D eigenvalue weighted by Gasteiger charge is -2.02. The van der Waals surface area contributed by atoms with E-state index in [-0.39, 0.29) is 6.42 Å². The smallest absolute Gasteiger partial charge is 0.279 e. The van der Waals surface area contributed by atoms with E-state index in [9.17, 15) is 28.0 Å². The van der Waals surface area contributed by atoms with Gasteiger partial charge < -0.3 is 16.5 Å². The summed E-state index contributed by atoms with van der Waals surface area (Å²) in [6.45, 7) is 0. The summed E-state index contributed by atoms with van der Waals surface area (Å²) in [6, 6.07) is 0. The second-order valence-electron chi connectivity index (χ2n) is 3.74. The van der Waals surface area contributed by atoms with Crippen LogP contribution in [0.25, 0.3) is 0 Å². The summed E-state index contributed by atoms with van der Waals surface area (Å²) in [5.41, 5.74) is 7.51. The first-order chi connectivity index (χ1) is 10.2. The van der Waals surface area contributed by atoms with E-state index in [0.717, 1.165) is 12.3 Å². The maximum Gasteiger partial charge on any atom is 0.279 e.